The van der Waals surface area contributed by atoms with Gasteiger partial charge in [0.2, 0.25) is 0 Å². The van der Waals surface area contributed by atoms with E-state index in [1.165, 1.54) is 11.3 Å². The van der Waals surface area contributed by atoms with Crippen LogP contribution in [0.4, 0.5) is 0 Å². The van der Waals surface area contributed by atoms with Gasteiger partial charge < -0.3 is 5.32 Å². The highest BCUT2D eigenvalue weighted by molar-refractivity contribution is 7.17. The Morgan fingerprint density at radius 2 is 2.06 bits per heavy atom. The first-order valence-electron chi connectivity index (χ1n) is 5.55. The predicted molar refractivity (Wildman–Crippen MR) is 70.3 cm³/mol. The Kier molecular flexibility index (Phi) is 5.29. The Balaban J connectivity index is 2.39. The molecular weight excluding hydrogens is 242 g/mol. The number of thiophene rings is 1. The number of nitrogens with one attached hydrogen (secondary N) is 1. The van der Waals surface area contributed by atoms with Crippen LogP contribution in [-0.4, -0.2) is 11.9 Å². The van der Waals surface area contributed by atoms with Gasteiger partial charge in [-0.15, -0.1) is 11.3 Å². The zero-order valence-electron chi connectivity index (χ0n) is 9.92. The van der Waals surface area contributed by atoms with Gasteiger partial charge >= 0.3 is 0 Å². The maximum atomic E-state index is 11.8. The molecule has 0 aromatic carbocycles. The second kappa shape index (κ2) is 6.26. The van der Waals surface area contributed by atoms with Crippen molar-refractivity contribution in [2.24, 2.45) is 5.92 Å². The van der Waals surface area contributed by atoms with Gasteiger partial charge in [-0.1, -0.05) is 25.4 Å². The molecule has 0 spiro atoms. The third kappa shape index (κ3) is 4.54. The Hall–Kier alpha value is -0.540. The molecule has 1 unspecified atom stereocenters. The molecule has 1 atom stereocenters. The van der Waals surface area contributed by atoms with E-state index in [4.69, 9.17) is 11.6 Å². The minimum atomic E-state index is -0.0202. The Morgan fingerprint density at radius 3 is 2.56 bits per heavy atom. The summed E-state index contributed by atoms with van der Waals surface area (Å²) in [6.45, 7) is 6.41. The molecule has 16 heavy (non-hydrogen) atoms. The van der Waals surface area contributed by atoms with E-state index in [1.807, 2.05) is 6.92 Å². The fraction of sp³-hybridized carbons (Fsp3) is 0.583. The van der Waals surface area contributed by atoms with E-state index in [9.17, 15) is 4.79 Å². The molecule has 0 saturated carbocycles. The molecule has 4 heteroatoms. The molecule has 1 N–H and O–H groups in total. The van der Waals surface area contributed by atoms with Crippen molar-refractivity contribution in [3.05, 3.63) is 21.3 Å². The lowest BCUT2D eigenvalue weighted by Crippen LogP contribution is -2.32. The van der Waals surface area contributed by atoms with E-state index < -0.39 is 0 Å². The lowest BCUT2D eigenvalue weighted by molar-refractivity contribution is 0.0941. The van der Waals surface area contributed by atoms with Crippen molar-refractivity contribution in [3.8, 4) is 0 Å². The second-order valence-electron chi connectivity index (χ2n) is 4.45. The summed E-state index contributed by atoms with van der Waals surface area (Å²) in [5.41, 5.74) is 0. The summed E-state index contributed by atoms with van der Waals surface area (Å²) in [7, 11) is 0. The molecule has 2 nitrogen and oxygen atoms in total. The maximum Gasteiger partial charge on any atom is 0.261 e. The molecule has 0 radical (unpaired) electrons. The van der Waals surface area contributed by atoms with Gasteiger partial charge in [-0.05, 0) is 37.8 Å². The molecule has 90 valence electrons. The standard InChI is InChI=1S/C12H18ClNOS/c1-8(2)4-5-9(3)14-12(15)10-6-7-11(13)16-10/h6-9H,4-5H2,1-3H3,(H,14,15). The number of hydrogen-bond acceptors (Lipinski definition) is 2. The quantitative estimate of drug-likeness (QED) is 0.852. The lowest BCUT2D eigenvalue weighted by atomic mass is 10.0. The summed E-state index contributed by atoms with van der Waals surface area (Å²) in [6, 6.07) is 3.73. The van der Waals surface area contributed by atoms with Crippen LogP contribution in [0.1, 0.15) is 43.3 Å². The molecule has 1 amide bonds. The predicted octanol–water partition coefficient (Wildman–Crippen LogP) is 3.96. The monoisotopic (exact) mass is 259 g/mol. The third-order valence-electron chi connectivity index (χ3n) is 2.35. The normalized spacial score (nSPS) is 12.8. The molecule has 0 fully saturated rings. The van der Waals surface area contributed by atoms with Gasteiger partial charge in [0.05, 0.1) is 9.21 Å². The number of rotatable bonds is 5. The van der Waals surface area contributed by atoms with E-state index in [1.54, 1.807) is 12.1 Å². The van der Waals surface area contributed by atoms with Gasteiger partial charge in [-0.3, -0.25) is 4.79 Å². The number of carbonyl (C=O) groups is 1. The SMILES string of the molecule is CC(C)CCC(C)NC(=O)c1ccc(Cl)s1. The largest absolute Gasteiger partial charge is 0.349 e. The maximum absolute atomic E-state index is 11.8. The molecule has 1 aromatic rings. The van der Waals surface area contributed by atoms with Crippen LogP contribution in [0.2, 0.25) is 4.34 Å². The molecule has 1 rings (SSSR count). The van der Waals surface area contributed by atoms with Gasteiger partial charge in [-0.25, -0.2) is 0 Å². The zero-order valence-corrected chi connectivity index (χ0v) is 11.5. The van der Waals surface area contributed by atoms with Crippen LogP contribution < -0.4 is 5.32 Å². The van der Waals surface area contributed by atoms with Crippen LogP contribution in [0.3, 0.4) is 0 Å². The average Bonchev–Trinajstić information content (AvgIpc) is 2.62. The highest BCUT2D eigenvalue weighted by Crippen LogP contribution is 2.21. The molecule has 1 aromatic heterocycles. The van der Waals surface area contributed by atoms with E-state index in [0.29, 0.717) is 15.1 Å². The summed E-state index contributed by atoms with van der Waals surface area (Å²) >= 11 is 7.10. The topological polar surface area (TPSA) is 29.1 Å². The molecule has 0 aliphatic rings. The molecule has 0 saturated heterocycles. The minimum absolute atomic E-state index is 0.0202. The fourth-order valence-corrected chi connectivity index (χ4v) is 2.33. The van der Waals surface area contributed by atoms with E-state index >= 15 is 0 Å². The first-order valence-corrected chi connectivity index (χ1v) is 6.74. The zero-order chi connectivity index (χ0) is 12.1. The van der Waals surface area contributed by atoms with Crippen LogP contribution in [0.5, 0.6) is 0 Å². The summed E-state index contributed by atoms with van der Waals surface area (Å²) in [4.78, 5) is 12.4. The van der Waals surface area contributed by atoms with Crippen LogP contribution >= 0.6 is 22.9 Å². The summed E-state index contributed by atoms with van der Waals surface area (Å²) in [6.07, 6.45) is 2.15. The number of amides is 1. The van der Waals surface area contributed by atoms with Gasteiger partial charge in [0.25, 0.3) is 5.91 Å². The molecular formula is C12H18ClNOS. The lowest BCUT2D eigenvalue weighted by Gasteiger charge is -2.14. The number of hydrogen-bond donors (Lipinski definition) is 1. The van der Waals surface area contributed by atoms with E-state index in [2.05, 4.69) is 19.2 Å². The molecule has 0 aliphatic heterocycles. The van der Waals surface area contributed by atoms with E-state index in [0.717, 1.165) is 12.8 Å². The van der Waals surface area contributed by atoms with Crippen LogP contribution in [0.25, 0.3) is 0 Å². The first kappa shape index (κ1) is 13.5. The smallest absolute Gasteiger partial charge is 0.261 e. The van der Waals surface area contributed by atoms with Crippen LogP contribution in [-0.2, 0) is 0 Å². The Morgan fingerprint density at radius 1 is 1.38 bits per heavy atom. The summed E-state index contributed by atoms with van der Waals surface area (Å²) < 4.78 is 0.653. The van der Waals surface area contributed by atoms with Crippen molar-refractivity contribution < 1.29 is 4.79 Å². The molecule has 0 aliphatic carbocycles. The van der Waals surface area contributed by atoms with Crippen LogP contribution in [0, 0.1) is 5.92 Å². The number of halogens is 1. The van der Waals surface area contributed by atoms with Crippen LogP contribution in [0.15, 0.2) is 12.1 Å². The van der Waals surface area contributed by atoms with Crippen molar-refractivity contribution in [1.29, 1.82) is 0 Å². The van der Waals surface area contributed by atoms with Crippen molar-refractivity contribution >= 4 is 28.8 Å². The van der Waals surface area contributed by atoms with Gasteiger partial charge in [-0.2, -0.15) is 0 Å². The van der Waals surface area contributed by atoms with Gasteiger partial charge in [0.1, 0.15) is 0 Å². The van der Waals surface area contributed by atoms with Crippen molar-refractivity contribution in [1.82, 2.24) is 5.32 Å². The molecule has 0 bridgehead atoms. The van der Waals surface area contributed by atoms with Crippen molar-refractivity contribution in [2.75, 3.05) is 0 Å². The highest BCUT2D eigenvalue weighted by Gasteiger charge is 2.11. The van der Waals surface area contributed by atoms with E-state index in [-0.39, 0.29) is 11.9 Å². The van der Waals surface area contributed by atoms with Crippen molar-refractivity contribution in [2.45, 2.75) is 39.7 Å². The third-order valence-corrected chi connectivity index (χ3v) is 3.58. The Labute approximate surface area is 106 Å². The number of carbonyl (C=O) groups excluding carboxylic acids is 1. The fourth-order valence-electron chi connectivity index (χ4n) is 1.39. The molecule has 1 heterocycles. The minimum Gasteiger partial charge on any atom is -0.349 e. The Bertz CT molecular complexity index is 349. The van der Waals surface area contributed by atoms with Gasteiger partial charge in [0.15, 0.2) is 0 Å². The van der Waals surface area contributed by atoms with Gasteiger partial charge in [0, 0.05) is 6.04 Å². The highest BCUT2D eigenvalue weighted by atomic mass is 35.5. The first-order chi connectivity index (χ1) is 7.49. The second-order valence-corrected chi connectivity index (χ2v) is 6.16. The summed E-state index contributed by atoms with van der Waals surface area (Å²) in [5.74, 6) is 0.656. The van der Waals surface area contributed by atoms with Crippen molar-refractivity contribution in [3.63, 3.8) is 0 Å². The average molecular weight is 260 g/mol. The summed E-state index contributed by atoms with van der Waals surface area (Å²) in [5, 5.41) is 2.98.